The molecule has 0 radical (unpaired) electrons. The molecule has 0 atom stereocenters. The quantitative estimate of drug-likeness (QED) is 0.927. The number of sulfonamides is 1. The Hall–Kier alpha value is -2.61. The minimum absolute atomic E-state index is 0.0859. The standard InChI is InChI=1S/C15H11F2NO4S/c16-15(17)21-13-7-6-12(10-14(13)22-15)18-23(19,20)9-8-11-4-2-1-3-5-11/h1-10,18H/b9-8+. The Morgan fingerprint density at radius 2 is 1.70 bits per heavy atom. The van der Waals surface area contributed by atoms with Crippen LogP contribution in [0.15, 0.2) is 53.9 Å². The number of hydrogen-bond acceptors (Lipinski definition) is 4. The molecule has 1 heterocycles. The van der Waals surface area contributed by atoms with E-state index in [4.69, 9.17) is 0 Å². The predicted molar refractivity (Wildman–Crippen MR) is 80.7 cm³/mol. The van der Waals surface area contributed by atoms with Gasteiger partial charge in [0.1, 0.15) is 0 Å². The van der Waals surface area contributed by atoms with E-state index < -0.39 is 16.3 Å². The highest BCUT2D eigenvalue weighted by molar-refractivity contribution is 7.95. The largest absolute Gasteiger partial charge is 0.586 e. The smallest absolute Gasteiger partial charge is 0.395 e. The van der Waals surface area contributed by atoms with E-state index >= 15 is 0 Å². The van der Waals surface area contributed by atoms with Crippen molar-refractivity contribution in [1.29, 1.82) is 0 Å². The van der Waals surface area contributed by atoms with Gasteiger partial charge in [-0.1, -0.05) is 30.3 Å². The number of anilines is 1. The van der Waals surface area contributed by atoms with E-state index in [1.165, 1.54) is 18.2 Å². The molecule has 0 aliphatic carbocycles. The van der Waals surface area contributed by atoms with E-state index in [0.29, 0.717) is 5.56 Å². The van der Waals surface area contributed by atoms with Gasteiger partial charge in [0.15, 0.2) is 11.5 Å². The molecule has 0 saturated carbocycles. The molecule has 0 aromatic heterocycles. The second kappa shape index (κ2) is 5.54. The number of fused-ring (bicyclic) bond motifs is 1. The fraction of sp³-hybridized carbons (Fsp3) is 0.0667. The first kappa shape index (κ1) is 15.3. The molecule has 1 aliphatic heterocycles. The van der Waals surface area contributed by atoms with Crippen molar-refractivity contribution in [2.45, 2.75) is 6.29 Å². The summed E-state index contributed by atoms with van der Waals surface area (Å²) in [7, 11) is -3.79. The van der Waals surface area contributed by atoms with Crippen molar-refractivity contribution in [3.63, 3.8) is 0 Å². The third-order valence-corrected chi connectivity index (χ3v) is 3.92. The van der Waals surface area contributed by atoms with Crippen molar-refractivity contribution in [3.8, 4) is 11.5 Å². The van der Waals surface area contributed by atoms with Crippen LogP contribution in [0.3, 0.4) is 0 Å². The normalized spacial score (nSPS) is 15.7. The lowest BCUT2D eigenvalue weighted by atomic mass is 10.2. The molecule has 0 amide bonds. The first-order chi connectivity index (χ1) is 10.8. The first-order valence-corrected chi connectivity index (χ1v) is 8.03. The predicted octanol–water partition coefficient (Wildman–Crippen LogP) is 3.42. The highest BCUT2D eigenvalue weighted by Gasteiger charge is 2.43. The number of halogens is 2. The number of nitrogens with one attached hydrogen (secondary N) is 1. The zero-order chi connectivity index (χ0) is 16.5. The molecule has 5 nitrogen and oxygen atoms in total. The maximum Gasteiger partial charge on any atom is 0.586 e. The van der Waals surface area contributed by atoms with E-state index in [-0.39, 0.29) is 17.2 Å². The summed E-state index contributed by atoms with van der Waals surface area (Å²) in [5, 5.41) is 0.988. The zero-order valence-corrected chi connectivity index (χ0v) is 12.4. The van der Waals surface area contributed by atoms with Gasteiger partial charge >= 0.3 is 6.29 Å². The third-order valence-electron chi connectivity index (χ3n) is 2.90. The fourth-order valence-electron chi connectivity index (χ4n) is 1.94. The number of hydrogen-bond donors (Lipinski definition) is 1. The minimum atomic E-state index is -3.79. The van der Waals surface area contributed by atoms with Gasteiger partial charge in [-0.05, 0) is 23.8 Å². The van der Waals surface area contributed by atoms with Gasteiger partial charge in [-0.2, -0.15) is 0 Å². The molecule has 3 rings (SSSR count). The van der Waals surface area contributed by atoms with Crippen LogP contribution >= 0.6 is 0 Å². The van der Waals surface area contributed by atoms with Gasteiger partial charge in [-0.15, -0.1) is 8.78 Å². The maximum absolute atomic E-state index is 12.9. The Kier molecular flexibility index (Phi) is 3.69. The van der Waals surface area contributed by atoms with Crippen molar-refractivity contribution in [3.05, 3.63) is 59.5 Å². The van der Waals surface area contributed by atoms with Crippen LogP contribution in [0.1, 0.15) is 5.56 Å². The second-order valence-electron chi connectivity index (χ2n) is 4.69. The minimum Gasteiger partial charge on any atom is -0.395 e. The Morgan fingerprint density at radius 1 is 1.00 bits per heavy atom. The molecule has 120 valence electrons. The van der Waals surface area contributed by atoms with E-state index in [2.05, 4.69) is 14.2 Å². The Balaban J connectivity index is 1.76. The van der Waals surface area contributed by atoms with Crippen molar-refractivity contribution in [1.82, 2.24) is 0 Å². The number of alkyl halides is 2. The summed E-state index contributed by atoms with van der Waals surface area (Å²) in [5.74, 6) is -0.389. The van der Waals surface area contributed by atoms with Crippen LogP contribution in [0.4, 0.5) is 14.5 Å². The summed E-state index contributed by atoms with van der Waals surface area (Å²) in [4.78, 5) is 0. The van der Waals surface area contributed by atoms with Crippen LogP contribution in [0, 0.1) is 0 Å². The monoisotopic (exact) mass is 339 g/mol. The van der Waals surface area contributed by atoms with Crippen LogP contribution in [-0.2, 0) is 10.0 Å². The first-order valence-electron chi connectivity index (χ1n) is 6.49. The van der Waals surface area contributed by atoms with Gasteiger partial charge < -0.3 is 9.47 Å². The van der Waals surface area contributed by atoms with E-state index in [9.17, 15) is 17.2 Å². The van der Waals surface area contributed by atoms with Gasteiger partial charge in [0.2, 0.25) is 0 Å². The third kappa shape index (κ3) is 3.78. The van der Waals surface area contributed by atoms with Crippen LogP contribution in [0.25, 0.3) is 6.08 Å². The molecule has 1 N–H and O–H groups in total. The van der Waals surface area contributed by atoms with Gasteiger partial charge in [-0.3, -0.25) is 4.72 Å². The molecule has 0 fully saturated rings. The molecule has 1 aliphatic rings. The second-order valence-corrected chi connectivity index (χ2v) is 6.26. The molecule has 0 spiro atoms. The summed E-state index contributed by atoms with van der Waals surface area (Å²) in [6, 6.07) is 12.5. The van der Waals surface area contributed by atoms with Gasteiger partial charge in [0, 0.05) is 6.07 Å². The Morgan fingerprint density at radius 3 is 2.43 bits per heavy atom. The fourth-order valence-corrected chi connectivity index (χ4v) is 2.80. The molecule has 2 aromatic rings. The maximum atomic E-state index is 12.9. The van der Waals surface area contributed by atoms with Crippen LogP contribution in [-0.4, -0.2) is 14.7 Å². The molecule has 0 bridgehead atoms. The van der Waals surface area contributed by atoms with Gasteiger partial charge in [0.05, 0.1) is 11.1 Å². The summed E-state index contributed by atoms with van der Waals surface area (Å²) < 4.78 is 60.6. The Labute approximate surface area is 131 Å². The summed E-state index contributed by atoms with van der Waals surface area (Å²) >= 11 is 0. The average Bonchev–Trinajstić information content (AvgIpc) is 2.79. The molecule has 8 heteroatoms. The summed E-state index contributed by atoms with van der Waals surface area (Å²) in [6.07, 6.45) is -2.32. The van der Waals surface area contributed by atoms with Gasteiger partial charge in [-0.25, -0.2) is 8.42 Å². The topological polar surface area (TPSA) is 64.6 Å². The molecule has 0 unspecified atom stereocenters. The Bertz CT molecular complexity index is 851. The molecule has 23 heavy (non-hydrogen) atoms. The average molecular weight is 339 g/mol. The summed E-state index contributed by atoms with van der Waals surface area (Å²) in [6.45, 7) is 0. The van der Waals surface area contributed by atoms with Crippen LogP contribution in [0.2, 0.25) is 0 Å². The molecule has 2 aromatic carbocycles. The summed E-state index contributed by atoms with van der Waals surface area (Å²) in [5.41, 5.74) is 0.797. The SMILES string of the molecule is O=S(=O)(/C=C/c1ccccc1)Nc1ccc2c(c1)OC(F)(F)O2. The van der Waals surface area contributed by atoms with Crippen molar-refractivity contribution >= 4 is 21.8 Å². The number of ether oxygens (including phenoxy) is 2. The zero-order valence-electron chi connectivity index (χ0n) is 11.6. The van der Waals surface area contributed by atoms with Crippen molar-refractivity contribution in [2.24, 2.45) is 0 Å². The van der Waals surface area contributed by atoms with Crippen LogP contribution in [0.5, 0.6) is 11.5 Å². The van der Waals surface area contributed by atoms with Gasteiger partial charge in [0.25, 0.3) is 10.0 Å². The lowest BCUT2D eigenvalue weighted by Crippen LogP contribution is -2.25. The molecular formula is C15H11F2NO4S. The number of benzene rings is 2. The van der Waals surface area contributed by atoms with E-state index in [1.807, 2.05) is 6.07 Å². The van der Waals surface area contributed by atoms with Crippen molar-refractivity contribution < 1.29 is 26.7 Å². The molecular weight excluding hydrogens is 328 g/mol. The highest BCUT2D eigenvalue weighted by Crippen LogP contribution is 2.42. The van der Waals surface area contributed by atoms with Crippen LogP contribution < -0.4 is 14.2 Å². The lowest BCUT2D eigenvalue weighted by molar-refractivity contribution is -0.286. The molecule has 0 saturated heterocycles. The lowest BCUT2D eigenvalue weighted by Gasteiger charge is -2.05. The van der Waals surface area contributed by atoms with E-state index in [1.54, 1.807) is 24.3 Å². The number of rotatable bonds is 4. The van der Waals surface area contributed by atoms with E-state index in [0.717, 1.165) is 11.5 Å². The highest BCUT2D eigenvalue weighted by atomic mass is 32.2. The van der Waals surface area contributed by atoms with Crippen molar-refractivity contribution in [2.75, 3.05) is 4.72 Å².